The van der Waals surface area contributed by atoms with Gasteiger partial charge in [0.05, 0.1) is 12.3 Å². The van der Waals surface area contributed by atoms with E-state index in [0.29, 0.717) is 12.2 Å². The third-order valence-electron chi connectivity index (χ3n) is 2.13. The molecule has 1 rings (SSSR count). The predicted molar refractivity (Wildman–Crippen MR) is 56.4 cm³/mol. The number of aromatic nitrogens is 1. The minimum atomic E-state index is -0.217. The molecule has 0 unspecified atom stereocenters. The largest absolute Gasteiger partial charge is 0.395 e. The Labute approximate surface area is 82.2 Å². The number of pyridine rings is 1. The Bertz CT molecular complexity index is 384. The van der Waals surface area contributed by atoms with Crippen molar-refractivity contribution >= 4 is 11.4 Å². The van der Waals surface area contributed by atoms with E-state index >= 15 is 0 Å². The number of hydrogen-bond donors (Lipinski definition) is 3. The van der Waals surface area contributed by atoms with Crippen molar-refractivity contribution in [3.05, 3.63) is 22.1 Å². The molecule has 5 heteroatoms. The van der Waals surface area contributed by atoms with E-state index in [1.54, 1.807) is 13.1 Å². The molecule has 0 aromatic carbocycles. The normalized spacial score (nSPS) is 10.2. The van der Waals surface area contributed by atoms with Crippen molar-refractivity contribution in [2.24, 2.45) is 7.05 Å². The Morgan fingerprint density at radius 1 is 1.64 bits per heavy atom. The molecule has 4 N–H and O–H groups in total. The molecule has 78 valence electrons. The Kier molecular flexibility index (Phi) is 3.14. The number of anilines is 2. The van der Waals surface area contributed by atoms with Crippen molar-refractivity contribution in [2.45, 2.75) is 6.92 Å². The lowest BCUT2D eigenvalue weighted by Crippen LogP contribution is -2.24. The number of nitrogen functional groups attached to an aromatic ring is 1. The van der Waals surface area contributed by atoms with E-state index in [-0.39, 0.29) is 17.9 Å². The number of aliphatic hydroxyl groups excluding tert-OH is 1. The Morgan fingerprint density at radius 3 is 2.86 bits per heavy atom. The van der Waals surface area contributed by atoms with Gasteiger partial charge < -0.3 is 20.7 Å². The van der Waals surface area contributed by atoms with Gasteiger partial charge in [-0.1, -0.05) is 0 Å². The second-order valence-corrected chi connectivity index (χ2v) is 3.13. The predicted octanol–water partition coefficient (Wildman–Crippen LogP) is -0.320. The standard InChI is InChI=1S/C9H15N3O2/c1-6-5-7(11-3-4-13)8(10)9(14)12(6)2/h5,11,13H,3-4,10H2,1-2H3. The molecule has 0 radical (unpaired) electrons. The molecule has 0 amide bonds. The lowest BCUT2D eigenvalue weighted by molar-refractivity contribution is 0.311. The molecular weight excluding hydrogens is 182 g/mol. The third-order valence-corrected chi connectivity index (χ3v) is 2.13. The quantitative estimate of drug-likeness (QED) is 0.620. The molecule has 1 aromatic heterocycles. The Balaban J connectivity index is 3.13. The van der Waals surface area contributed by atoms with Gasteiger partial charge in [0.1, 0.15) is 5.69 Å². The van der Waals surface area contributed by atoms with Gasteiger partial charge in [-0.15, -0.1) is 0 Å². The van der Waals surface area contributed by atoms with Gasteiger partial charge >= 0.3 is 0 Å². The van der Waals surface area contributed by atoms with Crippen LogP contribution in [0.15, 0.2) is 10.9 Å². The fourth-order valence-electron chi connectivity index (χ4n) is 1.18. The highest BCUT2D eigenvalue weighted by Gasteiger charge is 2.06. The molecule has 0 aliphatic carbocycles. The van der Waals surface area contributed by atoms with Crippen LogP contribution in [0.5, 0.6) is 0 Å². The first-order valence-corrected chi connectivity index (χ1v) is 4.38. The second-order valence-electron chi connectivity index (χ2n) is 3.13. The van der Waals surface area contributed by atoms with Gasteiger partial charge in [0.25, 0.3) is 5.56 Å². The van der Waals surface area contributed by atoms with Crippen molar-refractivity contribution in [1.82, 2.24) is 4.57 Å². The topological polar surface area (TPSA) is 80.3 Å². The number of aryl methyl sites for hydroxylation is 1. The summed E-state index contributed by atoms with van der Waals surface area (Å²) in [6.07, 6.45) is 0. The van der Waals surface area contributed by atoms with E-state index in [0.717, 1.165) is 5.69 Å². The highest BCUT2D eigenvalue weighted by atomic mass is 16.3. The van der Waals surface area contributed by atoms with Crippen LogP contribution in [0, 0.1) is 6.92 Å². The number of aliphatic hydroxyl groups is 1. The monoisotopic (exact) mass is 197 g/mol. The fourth-order valence-corrected chi connectivity index (χ4v) is 1.18. The fraction of sp³-hybridized carbons (Fsp3) is 0.444. The van der Waals surface area contributed by atoms with Crippen molar-refractivity contribution in [3.63, 3.8) is 0 Å². The summed E-state index contributed by atoms with van der Waals surface area (Å²) in [7, 11) is 1.67. The molecule has 0 fully saturated rings. The van der Waals surface area contributed by atoms with Crippen LogP contribution in [-0.4, -0.2) is 22.8 Å². The van der Waals surface area contributed by atoms with Crippen LogP contribution in [0.1, 0.15) is 5.69 Å². The zero-order chi connectivity index (χ0) is 10.7. The Morgan fingerprint density at radius 2 is 2.29 bits per heavy atom. The molecule has 0 bridgehead atoms. The first kappa shape index (κ1) is 10.6. The van der Waals surface area contributed by atoms with Crippen LogP contribution in [0.4, 0.5) is 11.4 Å². The maximum Gasteiger partial charge on any atom is 0.275 e. The zero-order valence-corrected chi connectivity index (χ0v) is 8.37. The molecule has 0 aliphatic rings. The van der Waals surface area contributed by atoms with Crippen LogP contribution in [0.25, 0.3) is 0 Å². The van der Waals surface area contributed by atoms with E-state index in [1.165, 1.54) is 4.57 Å². The van der Waals surface area contributed by atoms with Gasteiger partial charge in [-0.3, -0.25) is 4.79 Å². The summed E-state index contributed by atoms with van der Waals surface area (Å²) < 4.78 is 1.49. The maximum absolute atomic E-state index is 11.5. The summed E-state index contributed by atoms with van der Waals surface area (Å²) in [5, 5.41) is 11.5. The maximum atomic E-state index is 11.5. The molecule has 1 aromatic rings. The van der Waals surface area contributed by atoms with Crippen LogP contribution >= 0.6 is 0 Å². The smallest absolute Gasteiger partial charge is 0.275 e. The molecule has 1 heterocycles. The number of nitrogens with one attached hydrogen (secondary N) is 1. The van der Waals surface area contributed by atoms with Crippen LogP contribution in [-0.2, 0) is 7.05 Å². The molecule has 14 heavy (non-hydrogen) atoms. The first-order valence-electron chi connectivity index (χ1n) is 4.38. The summed E-state index contributed by atoms with van der Waals surface area (Å²) in [6.45, 7) is 2.22. The summed E-state index contributed by atoms with van der Waals surface area (Å²) in [6, 6.07) is 1.78. The summed E-state index contributed by atoms with van der Waals surface area (Å²) in [5.41, 5.74) is 6.99. The highest BCUT2D eigenvalue weighted by Crippen LogP contribution is 2.14. The lowest BCUT2D eigenvalue weighted by Gasteiger charge is -2.11. The zero-order valence-electron chi connectivity index (χ0n) is 8.37. The molecule has 0 aliphatic heterocycles. The van der Waals surface area contributed by atoms with Crippen LogP contribution in [0.2, 0.25) is 0 Å². The average Bonchev–Trinajstić information content (AvgIpc) is 2.18. The Hall–Kier alpha value is -1.49. The van der Waals surface area contributed by atoms with Crippen molar-refractivity contribution in [1.29, 1.82) is 0 Å². The molecule has 0 saturated heterocycles. The SMILES string of the molecule is Cc1cc(NCCO)c(N)c(=O)n1C. The number of rotatable bonds is 3. The van der Waals surface area contributed by atoms with Crippen molar-refractivity contribution < 1.29 is 5.11 Å². The van der Waals surface area contributed by atoms with Gasteiger partial charge in [-0.05, 0) is 13.0 Å². The molecule has 0 spiro atoms. The number of nitrogens with two attached hydrogens (primary N) is 1. The molecule has 5 nitrogen and oxygen atoms in total. The van der Waals surface area contributed by atoms with E-state index in [4.69, 9.17) is 10.8 Å². The average molecular weight is 197 g/mol. The lowest BCUT2D eigenvalue weighted by atomic mass is 10.3. The van der Waals surface area contributed by atoms with E-state index < -0.39 is 0 Å². The minimum absolute atomic E-state index is 0.00764. The minimum Gasteiger partial charge on any atom is -0.395 e. The molecular formula is C9H15N3O2. The van der Waals surface area contributed by atoms with E-state index in [1.807, 2.05) is 6.92 Å². The highest BCUT2D eigenvalue weighted by molar-refractivity contribution is 5.65. The molecule has 0 saturated carbocycles. The van der Waals surface area contributed by atoms with Gasteiger partial charge in [0, 0.05) is 19.3 Å². The number of nitrogens with zero attached hydrogens (tertiary/aromatic N) is 1. The summed E-state index contributed by atoms with van der Waals surface area (Å²) >= 11 is 0. The van der Waals surface area contributed by atoms with Gasteiger partial charge in [-0.2, -0.15) is 0 Å². The van der Waals surface area contributed by atoms with Crippen LogP contribution in [0.3, 0.4) is 0 Å². The third kappa shape index (κ3) is 1.88. The van der Waals surface area contributed by atoms with Gasteiger partial charge in [-0.25, -0.2) is 0 Å². The van der Waals surface area contributed by atoms with Crippen molar-refractivity contribution in [3.8, 4) is 0 Å². The molecule has 0 atom stereocenters. The number of hydrogen-bond acceptors (Lipinski definition) is 4. The van der Waals surface area contributed by atoms with Crippen LogP contribution < -0.4 is 16.6 Å². The van der Waals surface area contributed by atoms with E-state index in [2.05, 4.69) is 5.32 Å². The second kappa shape index (κ2) is 4.15. The summed E-state index contributed by atoms with van der Waals surface area (Å²) in [5.74, 6) is 0. The summed E-state index contributed by atoms with van der Waals surface area (Å²) in [4.78, 5) is 11.5. The first-order chi connectivity index (χ1) is 6.57. The van der Waals surface area contributed by atoms with Gasteiger partial charge in [0.2, 0.25) is 0 Å². The van der Waals surface area contributed by atoms with E-state index in [9.17, 15) is 4.79 Å². The van der Waals surface area contributed by atoms with Crippen molar-refractivity contribution in [2.75, 3.05) is 24.2 Å². The van der Waals surface area contributed by atoms with Gasteiger partial charge in [0.15, 0.2) is 0 Å².